The van der Waals surface area contributed by atoms with Crippen LogP contribution in [0.4, 0.5) is 5.69 Å². The van der Waals surface area contributed by atoms with Gasteiger partial charge in [-0.15, -0.1) is 0 Å². The van der Waals surface area contributed by atoms with Crippen molar-refractivity contribution in [3.63, 3.8) is 0 Å². The fraction of sp³-hybridized carbons (Fsp3) is 0.429. The van der Waals surface area contributed by atoms with Gasteiger partial charge in [-0.1, -0.05) is 19.9 Å². The number of ether oxygens (including phenoxy) is 1. The summed E-state index contributed by atoms with van der Waals surface area (Å²) in [5, 5.41) is 11.4. The molecule has 0 radical (unpaired) electrons. The smallest absolute Gasteiger partial charge is 0.250 e. The second-order valence-electron chi connectivity index (χ2n) is 4.48. The maximum Gasteiger partial charge on any atom is 0.250 e. The third kappa shape index (κ3) is 5.46. The molecule has 0 bridgehead atoms. The quantitative estimate of drug-likeness (QED) is 0.785. The lowest BCUT2D eigenvalue weighted by Crippen LogP contribution is -2.19. The van der Waals surface area contributed by atoms with Crippen LogP contribution in [-0.4, -0.2) is 19.1 Å². The van der Waals surface area contributed by atoms with Crippen molar-refractivity contribution in [3.8, 4) is 6.07 Å². The minimum atomic E-state index is -0.200. The second-order valence-corrected chi connectivity index (χ2v) is 4.48. The van der Waals surface area contributed by atoms with Gasteiger partial charge in [0.05, 0.1) is 11.6 Å². The molecule has 0 unspecified atom stereocenters. The van der Waals surface area contributed by atoms with Gasteiger partial charge in [0, 0.05) is 12.3 Å². The third-order valence-electron chi connectivity index (χ3n) is 2.35. The average Bonchev–Trinajstić information content (AvgIpc) is 2.34. The van der Waals surface area contributed by atoms with E-state index in [0.717, 1.165) is 6.42 Å². The Kier molecular flexibility index (Phi) is 5.89. The highest BCUT2D eigenvalue weighted by atomic mass is 16.5. The maximum absolute atomic E-state index is 11.5. The molecule has 1 amide bonds. The molecule has 18 heavy (non-hydrogen) atoms. The Morgan fingerprint density at radius 3 is 2.94 bits per heavy atom. The summed E-state index contributed by atoms with van der Waals surface area (Å²) in [5.41, 5.74) is 1.14. The number of hydrogen-bond donors (Lipinski definition) is 1. The topological polar surface area (TPSA) is 62.1 Å². The summed E-state index contributed by atoms with van der Waals surface area (Å²) in [5.74, 6) is 0.370. The van der Waals surface area contributed by atoms with Crippen LogP contribution >= 0.6 is 0 Å². The molecule has 1 aromatic carbocycles. The van der Waals surface area contributed by atoms with E-state index in [2.05, 4.69) is 19.2 Å². The predicted molar refractivity (Wildman–Crippen MR) is 70.1 cm³/mol. The Morgan fingerprint density at radius 2 is 2.28 bits per heavy atom. The Morgan fingerprint density at radius 1 is 1.50 bits per heavy atom. The van der Waals surface area contributed by atoms with Crippen molar-refractivity contribution in [2.75, 3.05) is 18.5 Å². The van der Waals surface area contributed by atoms with Crippen LogP contribution in [0.1, 0.15) is 25.8 Å². The van der Waals surface area contributed by atoms with Gasteiger partial charge in [-0.25, -0.2) is 0 Å². The first-order valence-electron chi connectivity index (χ1n) is 5.99. The molecule has 0 saturated carbocycles. The van der Waals surface area contributed by atoms with E-state index >= 15 is 0 Å². The zero-order valence-electron chi connectivity index (χ0n) is 10.8. The van der Waals surface area contributed by atoms with Crippen LogP contribution in [0.15, 0.2) is 24.3 Å². The zero-order chi connectivity index (χ0) is 13.4. The van der Waals surface area contributed by atoms with E-state index in [-0.39, 0.29) is 12.5 Å². The number of carbonyl (C=O) groups is 1. The molecule has 0 aliphatic heterocycles. The van der Waals surface area contributed by atoms with Gasteiger partial charge in [0.15, 0.2) is 0 Å². The van der Waals surface area contributed by atoms with Crippen LogP contribution in [-0.2, 0) is 9.53 Å². The minimum Gasteiger partial charge on any atom is -0.372 e. The molecule has 1 N–H and O–H groups in total. The first kappa shape index (κ1) is 14.2. The summed E-state index contributed by atoms with van der Waals surface area (Å²) in [6.07, 6.45) is 0.942. The number of rotatable bonds is 6. The van der Waals surface area contributed by atoms with Crippen molar-refractivity contribution in [2.24, 2.45) is 5.92 Å². The number of hydrogen-bond acceptors (Lipinski definition) is 3. The Balaban J connectivity index is 2.33. The standard InChI is InChI=1S/C14H18N2O2/c1-11(2)6-7-18-10-14(17)16-13-5-3-4-12(8-13)9-15/h3-5,8,11H,6-7,10H2,1-2H3,(H,16,17). The normalized spacial score (nSPS) is 10.1. The molecule has 0 heterocycles. The number of nitriles is 1. The molecule has 0 fully saturated rings. The summed E-state index contributed by atoms with van der Waals surface area (Å²) < 4.78 is 5.26. The van der Waals surface area contributed by atoms with E-state index in [1.54, 1.807) is 24.3 Å². The molecule has 0 saturated heterocycles. The number of amides is 1. The first-order valence-corrected chi connectivity index (χ1v) is 5.99. The van der Waals surface area contributed by atoms with Crippen molar-refractivity contribution in [2.45, 2.75) is 20.3 Å². The van der Waals surface area contributed by atoms with E-state index in [0.29, 0.717) is 23.8 Å². The van der Waals surface area contributed by atoms with Crippen LogP contribution < -0.4 is 5.32 Å². The number of anilines is 1. The van der Waals surface area contributed by atoms with Crippen LogP contribution in [0.25, 0.3) is 0 Å². The van der Waals surface area contributed by atoms with Crippen LogP contribution in [0, 0.1) is 17.2 Å². The van der Waals surface area contributed by atoms with Gasteiger partial charge in [-0.3, -0.25) is 4.79 Å². The van der Waals surface area contributed by atoms with Gasteiger partial charge in [0.25, 0.3) is 0 Å². The summed E-state index contributed by atoms with van der Waals surface area (Å²) in [4.78, 5) is 11.5. The van der Waals surface area contributed by atoms with E-state index in [4.69, 9.17) is 10.00 Å². The average molecular weight is 246 g/mol. The van der Waals surface area contributed by atoms with E-state index in [1.165, 1.54) is 0 Å². The largest absolute Gasteiger partial charge is 0.372 e. The third-order valence-corrected chi connectivity index (χ3v) is 2.35. The van der Waals surface area contributed by atoms with Crippen molar-refractivity contribution < 1.29 is 9.53 Å². The molecule has 0 atom stereocenters. The van der Waals surface area contributed by atoms with Crippen LogP contribution in [0.5, 0.6) is 0 Å². The molecule has 0 aromatic heterocycles. The molecule has 4 nitrogen and oxygen atoms in total. The highest BCUT2D eigenvalue weighted by Crippen LogP contribution is 2.09. The van der Waals surface area contributed by atoms with Gasteiger partial charge >= 0.3 is 0 Å². The first-order chi connectivity index (χ1) is 8.61. The molecule has 1 rings (SSSR count). The molecule has 0 aliphatic carbocycles. The van der Waals surface area contributed by atoms with Crippen LogP contribution in [0.3, 0.4) is 0 Å². The maximum atomic E-state index is 11.5. The Bertz CT molecular complexity index is 436. The van der Waals surface area contributed by atoms with E-state index in [1.807, 2.05) is 6.07 Å². The van der Waals surface area contributed by atoms with E-state index in [9.17, 15) is 4.79 Å². The SMILES string of the molecule is CC(C)CCOCC(=O)Nc1cccc(C#N)c1. The molecule has 4 heteroatoms. The van der Waals surface area contributed by atoms with Gasteiger partial charge in [-0.2, -0.15) is 5.26 Å². The highest BCUT2D eigenvalue weighted by molar-refractivity contribution is 5.91. The lowest BCUT2D eigenvalue weighted by molar-refractivity contribution is -0.120. The second kappa shape index (κ2) is 7.46. The van der Waals surface area contributed by atoms with Crippen molar-refractivity contribution in [1.29, 1.82) is 5.26 Å². The zero-order valence-corrected chi connectivity index (χ0v) is 10.8. The monoisotopic (exact) mass is 246 g/mol. The molecule has 1 aromatic rings. The fourth-order valence-corrected chi connectivity index (χ4v) is 1.35. The summed E-state index contributed by atoms with van der Waals surface area (Å²) in [7, 11) is 0. The summed E-state index contributed by atoms with van der Waals surface area (Å²) in [6.45, 7) is 4.85. The number of nitrogens with one attached hydrogen (secondary N) is 1. The fourth-order valence-electron chi connectivity index (χ4n) is 1.35. The van der Waals surface area contributed by atoms with Gasteiger partial charge < -0.3 is 10.1 Å². The van der Waals surface area contributed by atoms with Gasteiger partial charge in [0.2, 0.25) is 5.91 Å². The number of carbonyl (C=O) groups excluding carboxylic acids is 1. The molecule has 0 spiro atoms. The predicted octanol–water partition coefficient (Wildman–Crippen LogP) is 2.56. The summed E-state index contributed by atoms with van der Waals surface area (Å²) >= 11 is 0. The Hall–Kier alpha value is -1.86. The molecule has 96 valence electrons. The Labute approximate surface area is 108 Å². The van der Waals surface area contributed by atoms with Gasteiger partial charge in [-0.05, 0) is 30.5 Å². The minimum absolute atomic E-state index is 0.0451. The van der Waals surface area contributed by atoms with E-state index < -0.39 is 0 Å². The van der Waals surface area contributed by atoms with Crippen molar-refractivity contribution >= 4 is 11.6 Å². The number of nitrogens with zero attached hydrogens (tertiary/aromatic N) is 1. The highest BCUT2D eigenvalue weighted by Gasteiger charge is 2.03. The summed E-state index contributed by atoms with van der Waals surface area (Å²) in [6, 6.07) is 8.82. The lowest BCUT2D eigenvalue weighted by Gasteiger charge is -2.07. The molecular weight excluding hydrogens is 228 g/mol. The van der Waals surface area contributed by atoms with Crippen molar-refractivity contribution in [3.05, 3.63) is 29.8 Å². The van der Waals surface area contributed by atoms with Crippen LogP contribution in [0.2, 0.25) is 0 Å². The molecule has 0 aliphatic rings. The number of benzene rings is 1. The molecular formula is C14H18N2O2. The lowest BCUT2D eigenvalue weighted by atomic mass is 10.1. The van der Waals surface area contributed by atoms with Gasteiger partial charge in [0.1, 0.15) is 6.61 Å². The van der Waals surface area contributed by atoms with Crippen molar-refractivity contribution in [1.82, 2.24) is 0 Å².